The first-order valence-corrected chi connectivity index (χ1v) is 10.1. The predicted molar refractivity (Wildman–Crippen MR) is 111 cm³/mol. The van der Waals surface area contributed by atoms with Crippen LogP contribution in [0.4, 0.5) is 0 Å². The number of pyridine rings is 1. The fourth-order valence-corrected chi connectivity index (χ4v) is 3.77. The molecule has 148 valence electrons. The number of aryl methyl sites for hydroxylation is 1. The van der Waals surface area contributed by atoms with E-state index >= 15 is 0 Å². The molecule has 1 aromatic heterocycles. The monoisotopic (exact) mass is 399 g/mol. The summed E-state index contributed by atoms with van der Waals surface area (Å²) in [6, 6.07) is 10.8. The number of amides is 2. The molecule has 1 aliphatic heterocycles. The molecular weight excluding hydrogens is 374 g/mol. The highest BCUT2D eigenvalue weighted by Gasteiger charge is 2.28. The lowest BCUT2D eigenvalue weighted by molar-refractivity contribution is 0.0710. The van der Waals surface area contributed by atoms with Crippen LogP contribution < -0.4 is 5.32 Å². The van der Waals surface area contributed by atoms with E-state index in [9.17, 15) is 9.59 Å². The number of nitrogens with one attached hydrogen (secondary N) is 1. The number of carbonyl (C=O) groups is 2. The van der Waals surface area contributed by atoms with Crippen molar-refractivity contribution in [2.75, 3.05) is 13.1 Å². The van der Waals surface area contributed by atoms with Gasteiger partial charge in [-0.25, -0.2) is 0 Å². The van der Waals surface area contributed by atoms with Crippen molar-refractivity contribution in [1.29, 1.82) is 0 Å². The zero-order valence-corrected chi connectivity index (χ0v) is 17.3. The number of carbonyl (C=O) groups excluding carboxylic acids is 2. The van der Waals surface area contributed by atoms with Crippen LogP contribution in [0.5, 0.6) is 0 Å². The first-order valence-electron chi connectivity index (χ1n) is 9.68. The molecule has 2 aromatic rings. The lowest BCUT2D eigenvalue weighted by Gasteiger charge is -2.32. The Hall–Kier alpha value is -2.40. The van der Waals surface area contributed by atoms with Crippen LogP contribution in [0.25, 0.3) is 0 Å². The number of hydrogen-bond acceptors (Lipinski definition) is 3. The average Bonchev–Trinajstić information content (AvgIpc) is 2.67. The second-order valence-electron chi connectivity index (χ2n) is 7.59. The van der Waals surface area contributed by atoms with Gasteiger partial charge in [0.05, 0.1) is 11.3 Å². The van der Waals surface area contributed by atoms with Gasteiger partial charge in [0.2, 0.25) is 0 Å². The third-order valence-corrected chi connectivity index (χ3v) is 5.20. The number of rotatable bonds is 4. The summed E-state index contributed by atoms with van der Waals surface area (Å²) in [7, 11) is 0. The van der Waals surface area contributed by atoms with Crippen LogP contribution in [0, 0.1) is 6.92 Å². The Labute approximate surface area is 171 Å². The van der Waals surface area contributed by atoms with E-state index in [1.165, 1.54) is 0 Å². The average molecular weight is 400 g/mol. The van der Waals surface area contributed by atoms with Crippen LogP contribution >= 0.6 is 11.6 Å². The minimum atomic E-state index is -0.0880. The maximum atomic E-state index is 12.7. The molecule has 3 rings (SSSR count). The highest BCUT2D eigenvalue weighted by atomic mass is 35.5. The van der Waals surface area contributed by atoms with E-state index in [1.54, 1.807) is 24.3 Å². The van der Waals surface area contributed by atoms with Crippen molar-refractivity contribution in [3.05, 3.63) is 63.9 Å². The van der Waals surface area contributed by atoms with Crippen molar-refractivity contribution in [1.82, 2.24) is 15.2 Å². The zero-order chi connectivity index (χ0) is 20.3. The van der Waals surface area contributed by atoms with Crippen LogP contribution in [-0.2, 0) is 0 Å². The number of aromatic nitrogens is 1. The summed E-state index contributed by atoms with van der Waals surface area (Å²) < 4.78 is 0. The Bertz CT molecular complexity index is 874. The summed E-state index contributed by atoms with van der Waals surface area (Å²) in [6.07, 6.45) is 1.56. The third kappa shape index (κ3) is 4.71. The molecule has 5 nitrogen and oxygen atoms in total. The topological polar surface area (TPSA) is 62.3 Å². The van der Waals surface area contributed by atoms with Gasteiger partial charge in [-0.2, -0.15) is 0 Å². The van der Waals surface area contributed by atoms with Gasteiger partial charge in [0.25, 0.3) is 11.8 Å². The highest BCUT2D eigenvalue weighted by molar-refractivity contribution is 6.30. The lowest BCUT2D eigenvalue weighted by atomic mass is 9.89. The normalized spacial score (nSPS) is 15.0. The van der Waals surface area contributed by atoms with Crippen LogP contribution in [0.1, 0.15) is 64.7 Å². The fourth-order valence-electron chi connectivity index (χ4n) is 3.58. The first-order chi connectivity index (χ1) is 13.3. The Balaban J connectivity index is 1.73. The van der Waals surface area contributed by atoms with E-state index in [1.807, 2.05) is 37.8 Å². The molecule has 0 atom stereocenters. The van der Waals surface area contributed by atoms with Gasteiger partial charge in [-0.05, 0) is 63.9 Å². The number of halogens is 1. The van der Waals surface area contributed by atoms with E-state index in [0.717, 1.165) is 24.2 Å². The van der Waals surface area contributed by atoms with E-state index in [4.69, 9.17) is 11.6 Å². The molecule has 0 saturated carbocycles. The van der Waals surface area contributed by atoms with Crippen LogP contribution in [-0.4, -0.2) is 40.8 Å². The van der Waals surface area contributed by atoms with Crippen LogP contribution in [0.3, 0.4) is 0 Å². The van der Waals surface area contributed by atoms with Crippen LogP contribution in [0.15, 0.2) is 36.4 Å². The second-order valence-corrected chi connectivity index (χ2v) is 8.03. The summed E-state index contributed by atoms with van der Waals surface area (Å²) in [5.74, 6) is 0.0714. The molecule has 0 unspecified atom stereocenters. The molecule has 1 fully saturated rings. The number of hydrogen-bond donors (Lipinski definition) is 1. The van der Waals surface area contributed by atoms with E-state index in [0.29, 0.717) is 29.2 Å². The molecule has 0 bridgehead atoms. The van der Waals surface area contributed by atoms with Gasteiger partial charge in [0.1, 0.15) is 0 Å². The maximum absolute atomic E-state index is 12.7. The largest absolute Gasteiger partial charge is 0.350 e. The van der Waals surface area contributed by atoms with Gasteiger partial charge in [-0.3, -0.25) is 14.6 Å². The van der Waals surface area contributed by atoms with Crippen molar-refractivity contribution in [3.8, 4) is 0 Å². The van der Waals surface area contributed by atoms with Crippen molar-refractivity contribution in [2.45, 2.75) is 45.6 Å². The lowest BCUT2D eigenvalue weighted by Crippen LogP contribution is -2.38. The summed E-state index contributed by atoms with van der Waals surface area (Å²) in [5, 5.41) is 3.52. The molecule has 2 amide bonds. The third-order valence-electron chi connectivity index (χ3n) is 4.97. The van der Waals surface area contributed by atoms with E-state index in [-0.39, 0.29) is 23.8 Å². The minimum absolute atomic E-state index is 0.00377. The molecule has 28 heavy (non-hydrogen) atoms. The van der Waals surface area contributed by atoms with E-state index < -0.39 is 0 Å². The number of piperidine rings is 1. The van der Waals surface area contributed by atoms with Crippen molar-refractivity contribution < 1.29 is 9.59 Å². The van der Waals surface area contributed by atoms with E-state index in [2.05, 4.69) is 10.3 Å². The number of benzene rings is 1. The summed E-state index contributed by atoms with van der Waals surface area (Å²) in [5.41, 5.74) is 2.98. The summed E-state index contributed by atoms with van der Waals surface area (Å²) >= 11 is 6.01. The SMILES string of the molecule is Cc1ccc(C(=O)NC(C)C)c(C2CCN(C(=O)c3cccc(Cl)c3)CC2)n1. The highest BCUT2D eigenvalue weighted by Crippen LogP contribution is 2.30. The van der Waals surface area contributed by atoms with Gasteiger partial charge in [0, 0.05) is 41.3 Å². The van der Waals surface area contributed by atoms with Crippen molar-refractivity contribution in [3.63, 3.8) is 0 Å². The molecule has 0 aliphatic carbocycles. The minimum Gasteiger partial charge on any atom is -0.350 e. The quantitative estimate of drug-likeness (QED) is 0.837. The fraction of sp³-hybridized carbons (Fsp3) is 0.409. The number of likely N-dealkylation sites (tertiary alicyclic amines) is 1. The molecule has 2 heterocycles. The Morgan fingerprint density at radius 1 is 1.18 bits per heavy atom. The molecule has 0 spiro atoms. The van der Waals surface area contributed by atoms with Gasteiger partial charge in [-0.15, -0.1) is 0 Å². The molecular formula is C22H26ClN3O2. The van der Waals surface area contributed by atoms with Crippen molar-refractivity contribution >= 4 is 23.4 Å². The summed E-state index contributed by atoms with van der Waals surface area (Å²) in [6.45, 7) is 7.09. The molecule has 1 aromatic carbocycles. The second kappa shape index (κ2) is 8.74. The van der Waals surface area contributed by atoms with Gasteiger partial charge >= 0.3 is 0 Å². The standard InChI is InChI=1S/C22H26ClN3O2/c1-14(2)24-21(27)19-8-7-15(3)25-20(19)16-9-11-26(12-10-16)22(28)17-5-4-6-18(23)13-17/h4-8,13-14,16H,9-12H2,1-3H3,(H,24,27). The molecule has 1 saturated heterocycles. The Kier molecular flexibility index (Phi) is 6.35. The molecule has 1 N–H and O–H groups in total. The maximum Gasteiger partial charge on any atom is 0.253 e. The van der Waals surface area contributed by atoms with Crippen molar-refractivity contribution in [2.24, 2.45) is 0 Å². The molecule has 1 aliphatic rings. The smallest absolute Gasteiger partial charge is 0.253 e. The summed E-state index contributed by atoms with van der Waals surface area (Å²) in [4.78, 5) is 31.9. The molecule has 0 radical (unpaired) electrons. The van der Waals surface area contributed by atoms with Gasteiger partial charge in [0.15, 0.2) is 0 Å². The predicted octanol–water partition coefficient (Wildman–Crippen LogP) is 4.20. The number of nitrogens with zero attached hydrogens (tertiary/aromatic N) is 2. The molecule has 6 heteroatoms. The Morgan fingerprint density at radius 2 is 1.89 bits per heavy atom. The zero-order valence-electron chi connectivity index (χ0n) is 16.5. The first kappa shape index (κ1) is 20.3. The van der Waals surface area contributed by atoms with Gasteiger partial charge < -0.3 is 10.2 Å². The van der Waals surface area contributed by atoms with Gasteiger partial charge in [-0.1, -0.05) is 17.7 Å². The Morgan fingerprint density at radius 3 is 2.54 bits per heavy atom. The van der Waals surface area contributed by atoms with Crippen LogP contribution in [0.2, 0.25) is 5.02 Å².